The minimum Gasteiger partial charge on any atom is -0.372 e. The molecule has 0 amide bonds. The van der Waals surface area contributed by atoms with Crippen molar-refractivity contribution in [2.45, 2.75) is 63.7 Å². The number of nitrogens with one attached hydrogen (secondary N) is 1. The molecule has 1 aliphatic heterocycles. The van der Waals surface area contributed by atoms with Gasteiger partial charge in [0.05, 0.1) is 12.2 Å². The molecule has 3 aliphatic rings. The van der Waals surface area contributed by atoms with E-state index in [4.69, 9.17) is 4.74 Å². The molecule has 3 fully saturated rings. The predicted molar refractivity (Wildman–Crippen MR) is 73.8 cm³/mol. The maximum Gasteiger partial charge on any atom is 0.0707 e. The van der Waals surface area contributed by atoms with Crippen LogP contribution in [-0.2, 0) is 4.74 Å². The van der Waals surface area contributed by atoms with Crippen LogP contribution < -0.4 is 5.32 Å². The van der Waals surface area contributed by atoms with E-state index in [0.29, 0.717) is 12.2 Å². The maximum absolute atomic E-state index is 6.17. The summed E-state index contributed by atoms with van der Waals surface area (Å²) in [5.41, 5.74) is 0. The summed E-state index contributed by atoms with van der Waals surface area (Å²) < 4.78 is 6.17. The third-order valence-corrected chi connectivity index (χ3v) is 4.53. The van der Waals surface area contributed by atoms with Gasteiger partial charge >= 0.3 is 0 Å². The molecule has 2 saturated carbocycles. The van der Waals surface area contributed by atoms with Gasteiger partial charge in [0, 0.05) is 25.7 Å². The highest BCUT2D eigenvalue weighted by Crippen LogP contribution is 2.30. The van der Waals surface area contributed by atoms with Crippen LogP contribution in [0.1, 0.15) is 45.4 Å². The summed E-state index contributed by atoms with van der Waals surface area (Å²) in [5.74, 6) is 0.999. The number of hydrogen-bond acceptors (Lipinski definition) is 3. The Balaban J connectivity index is 1.34. The summed E-state index contributed by atoms with van der Waals surface area (Å²) in [4.78, 5) is 2.60. The Bertz CT molecular complexity index is 263. The summed E-state index contributed by atoms with van der Waals surface area (Å²) >= 11 is 0. The van der Waals surface area contributed by atoms with Crippen molar-refractivity contribution in [2.75, 3.05) is 26.2 Å². The van der Waals surface area contributed by atoms with Crippen LogP contribution in [0.4, 0.5) is 0 Å². The number of hydrogen-bond donors (Lipinski definition) is 1. The zero-order chi connectivity index (χ0) is 12.4. The Morgan fingerprint density at radius 1 is 1.00 bits per heavy atom. The van der Waals surface area contributed by atoms with Crippen molar-refractivity contribution >= 4 is 0 Å². The van der Waals surface area contributed by atoms with E-state index >= 15 is 0 Å². The second-order valence-corrected chi connectivity index (χ2v) is 6.44. The van der Waals surface area contributed by atoms with Gasteiger partial charge in [-0.25, -0.2) is 0 Å². The minimum atomic E-state index is 0.482. The number of rotatable bonds is 8. The Hall–Kier alpha value is -0.120. The number of nitrogens with zero attached hydrogens (tertiary/aromatic N) is 1. The Morgan fingerprint density at radius 3 is 2.44 bits per heavy atom. The molecule has 0 aromatic rings. The van der Waals surface area contributed by atoms with E-state index in [1.54, 1.807) is 0 Å². The summed E-state index contributed by atoms with van der Waals surface area (Å²) in [6, 6.07) is 0.814. The van der Waals surface area contributed by atoms with Crippen LogP contribution >= 0.6 is 0 Å². The molecule has 104 valence electrons. The second-order valence-electron chi connectivity index (χ2n) is 6.44. The largest absolute Gasteiger partial charge is 0.372 e. The van der Waals surface area contributed by atoms with Crippen molar-refractivity contribution in [3.05, 3.63) is 0 Å². The molecule has 0 bridgehead atoms. The van der Waals surface area contributed by atoms with Crippen molar-refractivity contribution in [2.24, 2.45) is 5.92 Å². The Morgan fingerprint density at radius 2 is 1.78 bits per heavy atom. The smallest absolute Gasteiger partial charge is 0.0707 e. The Kier molecular flexibility index (Phi) is 4.22. The number of likely N-dealkylation sites (N-methyl/N-ethyl adjacent to an activating group) is 1. The van der Waals surface area contributed by atoms with Gasteiger partial charge in [0.15, 0.2) is 0 Å². The van der Waals surface area contributed by atoms with Gasteiger partial charge in [-0.05, 0) is 51.0 Å². The molecule has 2 aliphatic carbocycles. The van der Waals surface area contributed by atoms with E-state index in [9.17, 15) is 0 Å². The van der Waals surface area contributed by atoms with Gasteiger partial charge in [0.25, 0.3) is 0 Å². The molecule has 1 saturated heterocycles. The normalized spacial score (nSPS) is 32.3. The monoisotopic (exact) mass is 252 g/mol. The van der Waals surface area contributed by atoms with E-state index < -0.39 is 0 Å². The predicted octanol–water partition coefficient (Wildman–Crippen LogP) is 2.02. The fourth-order valence-electron chi connectivity index (χ4n) is 2.94. The van der Waals surface area contributed by atoms with E-state index in [2.05, 4.69) is 17.1 Å². The first-order valence-corrected chi connectivity index (χ1v) is 7.94. The average molecular weight is 252 g/mol. The standard InChI is InChI=1S/C15H28N2O/c1-2-17(10-12-3-4-12)11-15-8-7-14(18-15)9-16-13-5-6-13/h12-16H,2-11H2,1H3. The molecule has 0 aromatic heterocycles. The van der Waals surface area contributed by atoms with Gasteiger partial charge < -0.3 is 15.0 Å². The zero-order valence-corrected chi connectivity index (χ0v) is 11.7. The van der Waals surface area contributed by atoms with Crippen LogP contribution in [0, 0.1) is 5.92 Å². The average Bonchev–Trinajstić information content (AvgIpc) is 3.28. The molecule has 3 rings (SSSR count). The van der Waals surface area contributed by atoms with Gasteiger partial charge in [0.2, 0.25) is 0 Å². The Labute approximate surface area is 111 Å². The van der Waals surface area contributed by atoms with Crippen molar-refractivity contribution in [3.8, 4) is 0 Å². The third kappa shape index (κ3) is 3.94. The lowest BCUT2D eigenvalue weighted by atomic mass is 10.2. The molecule has 0 spiro atoms. The van der Waals surface area contributed by atoms with Crippen LogP contribution in [0.25, 0.3) is 0 Å². The van der Waals surface area contributed by atoms with Gasteiger partial charge in [-0.1, -0.05) is 6.92 Å². The molecule has 0 aromatic carbocycles. The molecule has 2 atom stereocenters. The van der Waals surface area contributed by atoms with Crippen molar-refractivity contribution in [1.29, 1.82) is 0 Å². The molecule has 2 unspecified atom stereocenters. The van der Waals surface area contributed by atoms with Gasteiger partial charge in [-0.3, -0.25) is 0 Å². The van der Waals surface area contributed by atoms with Gasteiger partial charge in [-0.2, -0.15) is 0 Å². The molecule has 18 heavy (non-hydrogen) atoms. The summed E-state index contributed by atoms with van der Waals surface area (Å²) in [7, 11) is 0. The maximum atomic E-state index is 6.17. The quantitative estimate of drug-likeness (QED) is 0.715. The highest BCUT2D eigenvalue weighted by atomic mass is 16.5. The van der Waals surface area contributed by atoms with Crippen LogP contribution in [-0.4, -0.2) is 49.3 Å². The lowest BCUT2D eigenvalue weighted by Gasteiger charge is -2.24. The molecule has 1 heterocycles. The summed E-state index contributed by atoms with van der Waals surface area (Å²) in [5, 5.41) is 3.59. The van der Waals surface area contributed by atoms with Crippen molar-refractivity contribution in [1.82, 2.24) is 10.2 Å². The molecular formula is C15H28N2O. The topological polar surface area (TPSA) is 24.5 Å². The molecule has 1 N–H and O–H groups in total. The van der Waals surface area contributed by atoms with Crippen LogP contribution in [0.2, 0.25) is 0 Å². The first-order chi connectivity index (χ1) is 8.83. The van der Waals surface area contributed by atoms with Crippen LogP contribution in [0.3, 0.4) is 0 Å². The fourth-order valence-corrected chi connectivity index (χ4v) is 2.94. The molecule has 3 nitrogen and oxygen atoms in total. The zero-order valence-electron chi connectivity index (χ0n) is 11.7. The highest BCUT2D eigenvalue weighted by Gasteiger charge is 2.30. The minimum absolute atomic E-state index is 0.482. The molecular weight excluding hydrogens is 224 g/mol. The SMILES string of the molecule is CCN(CC1CC1)CC1CCC(CNC2CC2)O1. The van der Waals surface area contributed by atoms with Gasteiger partial charge in [-0.15, -0.1) is 0 Å². The van der Waals surface area contributed by atoms with E-state index in [1.807, 2.05) is 0 Å². The van der Waals surface area contributed by atoms with Crippen molar-refractivity contribution < 1.29 is 4.74 Å². The van der Waals surface area contributed by atoms with E-state index in [-0.39, 0.29) is 0 Å². The third-order valence-electron chi connectivity index (χ3n) is 4.53. The summed E-state index contributed by atoms with van der Waals surface area (Å²) in [6.07, 6.45) is 9.16. The first kappa shape index (κ1) is 12.9. The van der Waals surface area contributed by atoms with Crippen LogP contribution in [0.5, 0.6) is 0 Å². The van der Waals surface area contributed by atoms with Crippen LogP contribution in [0.15, 0.2) is 0 Å². The highest BCUT2D eigenvalue weighted by molar-refractivity contribution is 4.85. The lowest BCUT2D eigenvalue weighted by molar-refractivity contribution is 0.0233. The van der Waals surface area contributed by atoms with Crippen molar-refractivity contribution in [3.63, 3.8) is 0 Å². The van der Waals surface area contributed by atoms with E-state index in [0.717, 1.165) is 25.0 Å². The first-order valence-electron chi connectivity index (χ1n) is 7.94. The second kappa shape index (κ2) is 5.89. The van der Waals surface area contributed by atoms with Gasteiger partial charge in [0.1, 0.15) is 0 Å². The summed E-state index contributed by atoms with van der Waals surface area (Å²) in [6.45, 7) is 7.01. The fraction of sp³-hybridized carbons (Fsp3) is 1.00. The number of ether oxygens (including phenoxy) is 1. The van der Waals surface area contributed by atoms with E-state index in [1.165, 1.54) is 51.6 Å². The molecule has 0 radical (unpaired) electrons. The molecule has 3 heteroatoms. The lowest BCUT2D eigenvalue weighted by Crippen LogP contribution is -2.35.